The van der Waals surface area contributed by atoms with Crippen molar-refractivity contribution in [3.63, 3.8) is 0 Å². The summed E-state index contributed by atoms with van der Waals surface area (Å²) >= 11 is 3.43. The Morgan fingerprint density at radius 1 is 1.40 bits per heavy atom. The highest BCUT2D eigenvalue weighted by atomic mass is 79.9. The zero-order valence-electron chi connectivity index (χ0n) is 10.5. The third kappa shape index (κ3) is 2.43. The molecule has 1 aliphatic rings. The number of pyridine rings is 1. The van der Waals surface area contributed by atoms with Crippen LogP contribution in [0.25, 0.3) is 0 Å². The molecule has 0 fully saturated rings. The van der Waals surface area contributed by atoms with Crippen molar-refractivity contribution in [2.45, 2.75) is 12.5 Å². The first-order chi connectivity index (χ1) is 9.78. The molecule has 1 unspecified atom stereocenters. The summed E-state index contributed by atoms with van der Waals surface area (Å²) in [5.74, 6) is 0.738. The molecule has 2 heterocycles. The van der Waals surface area contributed by atoms with Gasteiger partial charge < -0.3 is 4.74 Å². The largest absolute Gasteiger partial charge is 0.485 e. The van der Waals surface area contributed by atoms with Crippen molar-refractivity contribution in [2.24, 2.45) is 4.99 Å². The number of halogens is 1. The number of rotatable bonds is 1. The average Bonchev–Trinajstić information content (AvgIpc) is 2.49. The summed E-state index contributed by atoms with van der Waals surface area (Å²) in [6, 6.07) is 9.55. The molecule has 0 N–H and O–H groups in total. The van der Waals surface area contributed by atoms with Crippen LogP contribution >= 0.6 is 15.9 Å². The molecule has 98 valence electrons. The topological polar surface area (TPSA) is 58.3 Å². The quantitative estimate of drug-likeness (QED) is 0.751. The van der Waals surface area contributed by atoms with Gasteiger partial charge in [0.2, 0.25) is 6.19 Å². The van der Waals surface area contributed by atoms with E-state index in [1.807, 2.05) is 36.5 Å². The highest BCUT2D eigenvalue weighted by molar-refractivity contribution is 9.10. The average molecular weight is 328 g/mol. The number of nitriles is 1. The van der Waals surface area contributed by atoms with E-state index in [1.54, 1.807) is 12.4 Å². The molecule has 0 amide bonds. The summed E-state index contributed by atoms with van der Waals surface area (Å²) in [6.45, 7) is 0. The van der Waals surface area contributed by atoms with E-state index in [-0.39, 0.29) is 6.10 Å². The van der Waals surface area contributed by atoms with Crippen molar-refractivity contribution in [1.29, 1.82) is 5.26 Å². The molecule has 1 aromatic heterocycles. The fourth-order valence-corrected chi connectivity index (χ4v) is 2.59. The lowest BCUT2D eigenvalue weighted by Gasteiger charge is -2.27. The van der Waals surface area contributed by atoms with Gasteiger partial charge in [0.1, 0.15) is 11.9 Å². The Labute approximate surface area is 124 Å². The Kier molecular flexibility index (Phi) is 3.48. The zero-order valence-corrected chi connectivity index (χ0v) is 12.0. The molecule has 1 aromatic carbocycles. The maximum absolute atomic E-state index is 8.87. The van der Waals surface area contributed by atoms with E-state index in [1.165, 1.54) is 0 Å². The number of hydrogen-bond donors (Lipinski definition) is 0. The predicted octanol–water partition coefficient (Wildman–Crippen LogP) is 3.64. The SMILES string of the molecule is N#CN=C1CC(c2cccnc2)Oc2ccc(Br)cc21. The molecular formula is C15H10BrN3O. The van der Waals surface area contributed by atoms with Crippen molar-refractivity contribution >= 4 is 21.6 Å². The molecule has 4 nitrogen and oxygen atoms in total. The second-order valence-electron chi connectivity index (χ2n) is 4.40. The molecule has 0 spiro atoms. The Bertz CT molecular complexity index is 707. The number of nitrogens with zero attached hydrogens (tertiary/aromatic N) is 3. The zero-order chi connectivity index (χ0) is 13.9. The smallest absolute Gasteiger partial charge is 0.205 e. The molecule has 0 bridgehead atoms. The maximum Gasteiger partial charge on any atom is 0.205 e. The number of hydrogen-bond acceptors (Lipinski definition) is 4. The molecule has 0 saturated carbocycles. The lowest BCUT2D eigenvalue weighted by Crippen LogP contribution is -2.21. The van der Waals surface area contributed by atoms with Crippen LogP contribution in [0.5, 0.6) is 5.75 Å². The van der Waals surface area contributed by atoms with Gasteiger partial charge in [-0.1, -0.05) is 22.0 Å². The van der Waals surface area contributed by atoms with Crippen LogP contribution in [0.1, 0.15) is 23.7 Å². The van der Waals surface area contributed by atoms with Crippen LogP contribution in [0.4, 0.5) is 0 Å². The van der Waals surface area contributed by atoms with Crippen LogP contribution in [-0.2, 0) is 0 Å². The van der Waals surface area contributed by atoms with Gasteiger partial charge in [0.05, 0.1) is 5.71 Å². The molecule has 20 heavy (non-hydrogen) atoms. The van der Waals surface area contributed by atoms with E-state index in [0.29, 0.717) is 6.42 Å². The predicted molar refractivity (Wildman–Crippen MR) is 78.5 cm³/mol. The van der Waals surface area contributed by atoms with Gasteiger partial charge in [-0.05, 0) is 24.3 Å². The third-order valence-corrected chi connectivity index (χ3v) is 3.63. The van der Waals surface area contributed by atoms with Crippen LogP contribution in [-0.4, -0.2) is 10.7 Å². The van der Waals surface area contributed by atoms with Crippen molar-refractivity contribution < 1.29 is 4.74 Å². The van der Waals surface area contributed by atoms with E-state index in [4.69, 9.17) is 10.00 Å². The first-order valence-corrected chi connectivity index (χ1v) is 6.89. The van der Waals surface area contributed by atoms with Gasteiger partial charge >= 0.3 is 0 Å². The Morgan fingerprint density at radius 2 is 2.30 bits per heavy atom. The van der Waals surface area contributed by atoms with Gasteiger partial charge in [-0.3, -0.25) is 4.98 Å². The second-order valence-corrected chi connectivity index (χ2v) is 5.31. The van der Waals surface area contributed by atoms with Gasteiger partial charge in [-0.25, -0.2) is 0 Å². The molecule has 2 aromatic rings. The van der Waals surface area contributed by atoms with E-state index >= 15 is 0 Å². The molecular weight excluding hydrogens is 318 g/mol. The van der Waals surface area contributed by atoms with Crippen LogP contribution in [0.15, 0.2) is 52.2 Å². The minimum absolute atomic E-state index is 0.163. The summed E-state index contributed by atoms with van der Waals surface area (Å²) in [5, 5.41) is 8.87. The monoisotopic (exact) mass is 327 g/mol. The molecule has 5 heteroatoms. The van der Waals surface area contributed by atoms with Crippen molar-refractivity contribution in [3.8, 4) is 11.9 Å². The molecule has 0 radical (unpaired) electrons. The Balaban J connectivity index is 2.04. The molecule has 0 aliphatic carbocycles. The van der Waals surface area contributed by atoms with E-state index in [2.05, 4.69) is 25.9 Å². The van der Waals surface area contributed by atoms with Gasteiger partial charge in [0, 0.05) is 34.4 Å². The molecule has 1 atom stereocenters. The van der Waals surface area contributed by atoms with Gasteiger partial charge in [-0.15, -0.1) is 0 Å². The van der Waals surface area contributed by atoms with E-state index in [9.17, 15) is 0 Å². The van der Waals surface area contributed by atoms with Crippen LogP contribution in [0.2, 0.25) is 0 Å². The van der Waals surface area contributed by atoms with E-state index in [0.717, 1.165) is 27.1 Å². The first kappa shape index (κ1) is 12.8. The second kappa shape index (κ2) is 5.43. The number of fused-ring (bicyclic) bond motifs is 1. The maximum atomic E-state index is 8.87. The van der Waals surface area contributed by atoms with Crippen molar-refractivity contribution in [3.05, 3.63) is 58.3 Å². The molecule has 1 aliphatic heterocycles. The van der Waals surface area contributed by atoms with Crippen LogP contribution in [0, 0.1) is 11.5 Å². The van der Waals surface area contributed by atoms with Crippen molar-refractivity contribution in [1.82, 2.24) is 4.98 Å². The summed E-state index contributed by atoms with van der Waals surface area (Å²) in [4.78, 5) is 8.05. The fraction of sp³-hybridized carbons (Fsp3) is 0.133. The molecule has 3 rings (SSSR count). The van der Waals surface area contributed by atoms with Gasteiger partial charge in [0.15, 0.2) is 0 Å². The van der Waals surface area contributed by atoms with Crippen LogP contribution in [0.3, 0.4) is 0 Å². The van der Waals surface area contributed by atoms with E-state index < -0.39 is 0 Å². The number of aliphatic imine (C=N–C) groups is 1. The highest BCUT2D eigenvalue weighted by Gasteiger charge is 2.26. The number of benzene rings is 1. The summed E-state index contributed by atoms with van der Waals surface area (Å²) in [5.41, 5.74) is 2.58. The molecule has 0 saturated heterocycles. The standard InChI is InChI=1S/C15H10BrN3O/c16-11-3-4-14-12(6-11)13(19-9-17)7-15(20-14)10-2-1-5-18-8-10/h1-6,8,15H,7H2. The van der Waals surface area contributed by atoms with Crippen molar-refractivity contribution in [2.75, 3.05) is 0 Å². The Morgan fingerprint density at radius 3 is 3.05 bits per heavy atom. The van der Waals surface area contributed by atoms with Gasteiger partial charge in [0.25, 0.3) is 0 Å². The summed E-state index contributed by atoms with van der Waals surface area (Å²) in [6.07, 6.45) is 5.77. The third-order valence-electron chi connectivity index (χ3n) is 3.14. The highest BCUT2D eigenvalue weighted by Crippen LogP contribution is 2.36. The normalized spacial score (nSPS) is 19.0. The first-order valence-electron chi connectivity index (χ1n) is 6.10. The Hall–Kier alpha value is -2.19. The lowest BCUT2D eigenvalue weighted by molar-refractivity contribution is 0.206. The number of ether oxygens (including phenoxy) is 1. The minimum Gasteiger partial charge on any atom is -0.485 e. The van der Waals surface area contributed by atoms with Gasteiger partial charge in [-0.2, -0.15) is 10.3 Å². The number of aromatic nitrogens is 1. The lowest BCUT2D eigenvalue weighted by atomic mass is 9.96. The fourth-order valence-electron chi connectivity index (χ4n) is 2.23. The van der Waals surface area contributed by atoms with Crippen LogP contribution < -0.4 is 4.74 Å². The summed E-state index contributed by atoms with van der Waals surface area (Å²) < 4.78 is 6.93. The summed E-state index contributed by atoms with van der Waals surface area (Å²) in [7, 11) is 0. The minimum atomic E-state index is -0.163.